The van der Waals surface area contributed by atoms with Crippen LogP contribution in [0.1, 0.15) is 5.56 Å². The third-order valence-corrected chi connectivity index (χ3v) is 7.34. The fraction of sp³-hybridized carbons (Fsp3) is 0.429. The van der Waals surface area contributed by atoms with Crippen molar-refractivity contribution >= 4 is 34.6 Å². The van der Waals surface area contributed by atoms with E-state index in [0.717, 1.165) is 49.1 Å². The van der Waals surface area contributed by atoms with Crippen LogP contribution in [-0.2, 0) is 17.3 Å². The molecule has 0 aliphatic carbocycles. The molecule has 0 radical (unpaired) electrons. The molecule has 0 unspecified atom stereocenters. The highest BCUT2D eigenvalue weighted by Gasteiger charge is 2.34. The minimum absolute atomic E-state index is 0.440. The maximum Gasteiger partial charge on any atom is 0.178 e. The van der Waals surface area contributed by atoms with E-state index in [1.54, 1.807) is 0 Å². The molecule has 4 heterocycles. The molecule has 0 aromatic heterocycles. The maximum atomic E-state index is 11.8. The molecule has 0 saturated carbocycles. The summed E-state index contributed by atoms with van der Waals surface area (Å²) in [7, 11) is -0.757. The lowest BCUT2D eigenvalue weighted by Crippen LogP contribution is -2.57. The molecule has 32 heavy (non-hydrogen) atoms. The number of nitrogens with one attached hydrogen (secondary N) is 3. The predicted molar refractivity (Wildman–Crippen MR) is 128 cm³/mol. The standard InChI is InChI=1S/C21H27ClN8OS/c22-18-19(24-14-16-4-2-1-3-5-16)27-21-17(26-18)20(28-10-12-32(31)13-11-28)25-15-30(21)29-8-6-23-7-9-29/h1-5,15,23-24,26H,6-14H2. The van der Waals surface area contributed by atoms with Crippen molar-refractivity contribution < 1.29 is 4.21 Å². The van der Waals surface area contributed by atoms with Crippen LogP contribution in [0.5, 0.6) is 0 Å². The van der Waals surface area contributed by atoms with Gasteiger partial charge in [0.05, 0.1) is 0 Å². The number of halogens is 1. The number of nitrogens with zero attached hydrogens (tertiary/aromatic N) is 5. The van der Waals surface area contributed by atoms with Gasteiger partial charge < -0.3 is 20.9 Å². The topological polar surface area (TPSA) is 87.6 Å². The van der Waals surface area contributed by atoms with Gasteiger partial charge in [-0.2, -0.15) is 0 Å². The molecule has 0 bridgehead atoms. The molecule has 5 rings (SSSR count). The molecule has 9 nitrogen and oxygen atoms in total. The van der Waals surface area contributed by atoms with Gasteiger partial charge in [-0.3, -0.25) is 4.21 Å². The molecular formula is C21H27ClN8OS. The van der Waals surface area contributed by atoms with Crippen LogP contribution in [0.2, 0.25) is 0 Å². The summed E-state index contributed by atoms with van der Waals surface area (Å²) in [5.41, 5.74) is 1.94. The molecule has 1 aromatic rings. The molecule has 0 spiro atoms. The summed E-state index contributed by atoms with van der Waals surface area (Å²) >= 11 is 6.63. The van der Waals surface area contributed by atoms with E-state index in [0.29, 0.717) is 42.1 Å². The fourth-order valence-corrected chi connectivity index (χ4v) is 5.31. The molecule has 1 aromatic carbocycles. The van der Waals surface area contributed by atoms with Crippen LogP contribution in [0.3, 0.4) is 0 Å². The van der Waals surface area contributed by atoms with Gasteiger partial charge in [-0.15, -0.1) is 0 Å². The summed E-state index contributed by atoms with van der Waals surface area (Å²) in [5, 5.41) is 14.8. The van der Waals surface area contributed by atoms with Crippen molar-refractivity contribution in [1.29, 1.82) is 0 Å². The van der Waals surface area contributed by atoms with E-state index in [9.17, 15) is 4.21 Å². The first-order valence-electron chi connectivity index (χ1n) is 10.9. The molecular weight excluding hydrogens is 448 g/mol. The van der Waals surface area contributed by atoms with Gasteiger partial charge in [-0.25, -0.2) is 20.0 Å². The highest BCUT2D eigenvalue weighted by atomic mass is 35.5. The number of hydrazine groups is 1. The molecule has 2 fully saturated rings. The van der Waals surface area contributed by atoms with E-state index in [4.69, 9.17) is 21.6 Å². The smallest absolute Gasteiger partial charge is 0.178 e. The van der Waals surface area contributed by atoms with Gasteiger partial charge in [0.15, 0.2) is 17.5 Å². The quantitative estimate of drug-likeness (QED) is 0.537. The van der Waals surface area contributed by atoms with Gasteiger partial charge in [0.25, 0.3) is 0 Å². The van der Waals surface area contributed by atoms with Gasteiger partial charge >= 0.3 is 0 Å². The first-order chi connectivity index (χ1) is 15.7. The number of fused-ring (bicyclic) bond motifs is 1. The Balaban J connectivity index is 1.44. The van der Waals surface area contributed by atoms with Crippen LogP contribution in [0.15, 0.2) is 62.8 Å². The average molecular weight is 475 g/mol. The SMILES string of the molecule is O=S1CCN(C2=C3NC(Cl)=C(NCc4ccccc4)N=C3N(N3CCNCC3)C=N2)CC1. The van der Waals surface area contributed by atoms with Gasteiger partial charge in [0, 0.05) is 68.1 Å². The van der Waals surface area contributed by atoms with Crippen molar-refractivity contribution in [3.63, 3.8) is 0 Å². The largest absolute Gasteiger partial charge is 0.363 e. The number of piperazine rings is 1. The Labute approximate surface area is 195 Å². The molecule has 4 aliphatic heterocycles. The highest BCUT2D eigenvalue weighted by Crippen LogP contribution is 2.26. The summed E-state index contributed by atoms with van der Waals surface area (Å²) in [5.74, 6) is 3.46. The Kier molecular flexibility index (Phi) is 6.44. The van der Waals surface area contributed by atoms with Crippen LogP contribution in [0.25, 0.3) is 0 Å². The number of hydrogen-bond acceptors (Lipinski definition) is 9. The lowest BCUT2D eigenvalue weighted by molar-refractivity contribution is 0.0965. The lowest BCUT2D eigenvalue weighted by atomic mass is 10.2. The van der Waals surface area contributed by atoms with Crippen molar-refractivity contribution in [2.75, 3.05) is 50.8 Å². The number of aliphatic imine (C=N–C) groups is 2. The van der Waals surface area contributed by atoms with E-state index in [-0.39, 0.29) is 0 Å². The van der Waals surface area contributed by atoms with Crippen molar-refractivity contribution in [2.24, 2.45) is 9.98 Å². The van der Waals surface area contributed by atoms with E-state index >= 15 is 0 Å². The summed E-state index contributed by atoms with van der Waals surface area (Å²) in [4.78, 5) is 11.9. The Bertz CT molecular complexity index is 992. The molecule has 3 N–H and O–H groups in total. The summed E-state index contributed by atoms with van der Waals surface area (Å²) < 4.78 is 11.8. The first kappa shape index (κ1) is 21.4. The van der Waals surface area contributed by atoms with E-state index in [1.165, 1.54) is 0 Å². The summed E-state index contributed by atoms with van der Waals surface area (Å²) in [6, 6.07) is 10.2. The Morgan fingerprint density at radius 3 is 2.59 bits per heavy atom. The van der Waals surface area contributed by atoms with E-state index < -0.39 is 10.8 Å². The van der Waals surface area contributed by atoms with Gasteiger partial charge in [-0.1, -0.05) is 41.9 Å². The van der Waals surface area contributed by atoms with Gasteiger partial charge in [0.2, 0.25) is 0 Å². The lowest BCUT2D eigenvalue weighted by Gasteiger charge is -2.41. The Hall–Kier alpha value is -2.40. The zero-order chi connectivity index (χ0) is 21.9. The van der Waals surface area contributed by atoms with Crippen LogP contribution in [0.4, 0.5) is 0 Å². The minimum Gasteiger partial charge on any atom is -0.363 e. The number of benzene rings is 1. The summed E-state index contributed by atoms with van der Waals surface area (Å²) in [6.07, 6.45) is 1.84. The van der Waals surface area contributed by atoms with Crippen molar-refractivity contribution in [1.82, 2.24) is 30.9 Å². The second-order valence-corrected chi connectivity index (χ2v) is 9.96. The van der Waals surface area contributed by atoms with Crippen LogP contribution in [0, 0.1) is 0 Å². The third-order valence-electron chi connectivity index (χ3n) is 5.79. The Morgan fingerprint density at radius 1 is 1.09 bits per heavy atom. The molecule has 4 aliphatic rings. The molecule has 2 saturated heterocycles. The average Bonchev–Trinajstić information content (AvgIpc) is 2.84. The van der Waals surface area contributed by atoms with Crippen LogP contribution >= 0.6 is 11.6 Å². The second-order valence-electron chi connectivity index (χ2n) is 7.89. The van der Waals surface area contributed by atoms with E-state index in [1.807, 2.05) is 29.5 Å². The van der Waals surface area contributed by atoms with E-state index in [2.05, 4.69) is 38.0 Å². The molecule has 11 heteroatoms. The molecule has 0 atom stereocenters. The van der Waals surface area contributed by atoms with Gasteiger partial charge in [-0.05, 0) is 5.56 Å². The highest BCUT2D eigenvalue weighted by molar-refractivity contribution is 7.85. The van der Waals surface area contributed by atoms with Crippen LogP contribution in [-0.4, -0.2) is 82.1 Å². The van der Waals surface area contributed by atoms with Crippen molar-refractivity contribution in [3.8, 4) is 0 Å². The third kappa shape index (κ3) is 4.54. The second kappa shape index (κ2) is 9.62. The van der Waals surface area contributed by atoms with Crippen LogP contribution < -0.4 is 16.0 Å². The Morgan fingerprint density at radius 2 is 1.84 bits per heavy atom. The van der Waals surface area contributed by atoms with Crippen molar-refractivity contribution in [3.05, 3.63) is 58.4 Å². The monoisotopic (exact) mass is 474 g/mol. The number of amidine groups is 1. The zero-order valence-corrected chi connectivity index (χ0v) is 19.3. The number of rotatable bonds is 5. The first-order valence-corrected chi connectivity index (χ1v) is 12.7. The predicted octanol–water partition coefficient (Wildman–Crippen LogP) is 0.541. The normalized spacial score (nSPS) is 22.6. The molecule has 170 valence electrons. The minimum atomic E-state index is -0.757. The molecule has 0 amide bonds. The van der Waals surface area contributed by atoms with Gasteiger partial charge in [0.1, 0.15) is 17.2 Å². The number of hydrogen-bond donors (Lipinski definition) is 3. The maximum absolute atomic E-state index is 11.8. The zero-order valence-electron chi connectivity index (χ0n) is 17.8. The summed E-state index contributed by atoms with van der Waals surface area (Å²) in [6.45, 7) is 5.56. The fourth-order valence-electron chi connectivity index (χ4n) is 4.05. The van der Waals surface area contributed by atoms with Crippen molar-refractivity contribution in [2.45, 2.75) is 6.54 Å².